The number of carbonyl (C=O) groups excluding carboxylic acids is 1. The first-order chi connectivity index (χ1) is 7.67. The fourth-order valence-corrected chi connectivity index (χ4v) is 2.33. The normalized spacial score (nSPS) is 12.4. The molecule has 1 atom stereocenters. The van der Waals surface area contributed by atoms with Gasteiger partial charge in [-0.1, -0.05) is 6.92 Å². The van der Waals surface area contributed by atoms with E-state index >= 15 is 0 Å². The van der Waals surface area contributed by atoms with Crippen LogP contribution in [0.15, 0.2) is 5.38 Å². The van der Waals surface area contributed by atoms with Crippen LogP contribution in [0.5, 0.6) is 0 Å². The number of aryl methyl sites for hydroxylation is 1. The van der Waals surface area contributed by atoms with Gasteiger partial charge in [-0.3, -0.25) is 4.79 Å². The highest BCUT2D eigenvalue weighted by Crippen LogP contribution is 2.20. The highest BCUT2D eigenvalue weighted by Gasteiger charge is 2.15. The largest absolute Gasteiger partial charge is 0.347 e. The molecule has 1 heterocycles. The summed E-state index contributed by atoms with van der Waals surface area (Å²) in [5.74, 6) is 0.0603. The van der Waals surface area contributed by atoms with Gasteiger partial charge in [0, 0.05) is 17.5 Å². The number of nitrogens with two attached hydrogens (primary N) is 1. The van der Waals surface area contributed by atoms with E-state index in [2.05, 4.69) is 10.3 Å². The Kier molecular flexibility index (Phi) is 5.42. The molecule has 1 aromatic rings. The maximum absolute atomic E-state index is 11.6. The highest BCUT2D eigenvalue weighted by molar-refractivity contribution is 7.09. The van der Waals surface area contributed by atoms with Crippen molar-refractivity contribution in [3.8, 4) is 0 Å². The molecule has 0 aromatic carbocycles. The number of aromatic nitrogens is 1. The van der Waals surface area contributed by atoms with Crippen LogP contribution in [0.1, 0.15) is 42.9 Å². The molecule has 0 fully saturated rings. The van der Waals surface area contributed by atoms with E-state index in [9.17, 15) is 4.79 Å². The third-order valence-corrected chi connectivity index (χ3v) is 3.36. The van der Waals surface area contributed by atoms with Gasteiger partial charge in [0.05, 0.1) is 6.04 Å². The van der Waals surface area contributed by atoms with Gasteiger partial charge >= 0.3 is 0 Å². The van der Waals surface area contributed by atoms with Crippen molar-refractivity contribution >= 4 is 17.2 Å². The summed E-state index contributed by atoms with van der Waals surface area (Å²) in [7, 11) is 0. The molecule has 0 spiro atoms. The molecule has 0 radical (unpaired) electrons. The van der Waals surface area contributed by atoms with Crippen molar-refractivity contribution < 1.29 is 4.79 Å². The lowest BCUT2D eigenvalue weighted by atomic mass is 10.2. The number of thiazole rings is 1. The van der Waals surface area contributed by atoms with Gasteiger partial charge in [-0.15, -0.1) is 11.3 Å². The smallest absolute Gasteiger partial charge is 0.220 e. The lowest BCUT2D eigenvalue weighted by Crippen LogP contribution is -2.28. The number of hydrogen-bond donors (Lipinski definition) is 2. The van der Waals surface area contributed by atoms with E-state index in [1.54, 1.807) is 11.3 Å². The SMILES string of the molecule is CCC(NC(=O)CCCN)c1nc(C)cs1. The third-order valence-electron chi connectivity index (χ3n) is 2.29. The van der Waals surface area contributed by atoms with Gasteiger partial charge in [-0.25, -0.2) is 4.98 Å². The Morgan fingerprint density at radius 3 is 2.94 bits per heavy atom. The van der Waals surface area contributed by atoms with Crippen molar-refractivity contribution in [2.75, 3.05) is 6.54 Å². The Balaban J connectivity index is 2.52. The third kappa shape index (κ3) is 3.90. The molecule has 16 heavy (non-hydrogen) atoms. The molecule has 90 valence electrons. The molecular formula is C11H19N3OS. The minimum absolute atomic E-state index is 0.0453. The van der Waals surface area contributed by atoms with Crippen LogP contribution in [0, 0.1) is 6.92 Å². The molecule has 4 nitrogen and oxygen atoms in total. The van der Waals surface area contributed by atoms with Gasteiger partial charge in [-0.2, -0.15) is 0 Å². The molecule has 1 unspecified atom stereocenters. The predicted octanol–water partition coefficient (Wildman–Crippen LogP) is 1.76. The van der Waals surface area contributed by atoms with E-state index in [4.69, 9.17) is 5.73 Å². The second-order valence-corrected chi connectivity index (χ2v) is 4.64. The van der Waals surface area contributed by atoms with Crippen LogP contribution in [-0.4, -0.2) is 17.4 Å². The van der Waals surface area contributed by atoms with Gasteiger partial charge in [0.25, 0.3) is 0 Å². The van der Waals surface area contributed by atoms with Gasteiger partial charge in [-0.05, 0) is 26.3 Å². The van der Waals surface area contributed by atoms with E-state index in [0.29, 0.717) is 13.0 Å². The molecule has 0 saturated heterocycles. The molecule has 1 aromatic heterocycles. The number of amides is 1. The van der Waals surface area contributed by atoms with Crippen molar-refractivity contribution in [3.05, 3.63) is 16.1 Å². The van der Waals surface area contributed by atoms with Crippen LogP contribution < -0.4 is 11.1 Å². The Labute approximate surface area is 100 Å². The summed E-state index contributed by atoms with van der Waals surface area (Å²) in [5.41, 5.74) is 6.37. The predicted molar refractivity (Wildman–Crippen MR) is 66.3 cm³/mol. The molecule has 0 aliphatic heterocycles. The van der Waals surface area contributed by atoms with Crippen LogP contribution in [0.3, 0.4) is 0 Å². The fourth-order valence-electron chi connectivity index (χ4n) is 1.40. The maximum Gasteiger partial charge on any atom is 0.220 e. The molecule has 5 heteroatoms. The van der Waals surface area contributed by atoms with Crippen LogP contribution in [-0.2, 0) is 4.79 Å². The lowest BCUT2D eigenvalue weighted by molar-refractivity contribution is -0.121. The Morgan fingerprint density at radius 2 is 2.44 bits per heavy atom. The fraction of sp³-hybridized carbons (Fsp3) is 0.636. The zero-order valence-corrected chi connectivity index (χ0v) is 10.6. The Hall–Kier alpha value is -0.940. The molecule has 1 amide bonds. The quantitative estimate of drug-likeness (QED) is 0.797. The minimum Gasteiger partial charge on any atom is -0.347 e. The summed E-state index contributed by atoms with van der Waals surface area (Å²) >= 11 is 1.60. The monoisotopic (exact) mass is 241 g/mol. The molecule has 0 aliphatic carbocycles. The second-order valence-electron chi connectivity index (χ2n) is 3.75. The van der Waals surface area contributed by atoms with Gasteiger partial charge < -0.3 is 11.1 Å². The number of rotatable bonds is 6. The zero-order chi connectivity index (χ0) is 12.0. The number of carbonyl (C=O) groups is 1. The summed E-state index contributed by atoms with van der Waals surface area (Å²) in [6.07, 6.45) is 2.10. The van der Waals surface area contributed by atoms with Crippen LogP contribution in [0.2, 0.25) is 0 Å². The molecule has 3 N–H and O–H groups in total. The zero-order valence-electron chi connectivity index (χ0n) is 9.82. The summed E-state index contributed by atoms with van der Waals surface area (Å²) in [6.45, 7) is 4.56. The molecule has 0 saturated carbocycles. The lowest BCUT2D eigenvalue weighted by Gasteiger charge is -2.14. The van der Waals surface area contributed by atoms with Crippen LogP contribution in [0.25, 0.3) is 0 Å². The van der Waals surface area contributed by atoms with E-state index < -0.39 is 0 Å². The van der Waals surface area contributed by atoms with E-state index in [0.717, 1.165) is 23.5 Å². The average molecular weight is 241 g/mol. The van der Waals surface area contributed by atoms with Crippen molar-refractivity contribution in [2.24, 2.45) is 5.73 Å². The standard InChI is InChI=1S/C11H19N3OS/c1-3-9(11-13-8(2)7-16-11)14-10(15)5-4-6-12/h7,9H,3-6,12H2,1-2H3,(H,14,15). The topological polar surface area (TPSA) is 68.0 Å². The first-order valence-electron chi connectivity index (χ1n) is 5.58. The Morgan fingerprint density at radius 1 is 1.69 bits per heavy atom. The van der Waals surface area contributed by atoms with Crippen molar-refractivity contribution in [1.82, 2.24) is 10.3 Å². The van der Waals surface area contributed by atoms with Gasteiger partial charge in [0.2, 0.25) is 5.91 Å². The average Bonchev–Trinajstić information content (AvgIpc) is 2.69. The first kappa shape index (κ1) is 13.1. The molecule has 0 aliphatic rings. The molecule has 0 bridgehead atoms. The summed E-state index contributed by atoms with van der Waals surface area (Å²) in [6, 6.07) is 0.0453. The number of nitrogens with zero attached hydrogens (tertiary/aromatic N) is 1. The van der Waals surface area contributed by atoms with Crippen molar-refractivity contribution in [1.29, 1.82) is 0 Å². The minimum atomic E-state index is 0.0453. The van der Waals surface area contributed by atoms with Crippen LogP contribution in [0.4, 0.5) is 0 Å². The van der Waals surface area contributed by atoms with Gasteiger partial charge in [0.15, 0.2) is 0 Å². The van der Waals surface area contributed by atoms with Crippen LogP contribution >= 0.6 is 11.3 Å². The van der Waals surface area contributed by atoms with Gasteiger partial charge in [0.1, 0.15) is 5.01 Å². The maximum atomic E-state index is 11.6. The first-order valence-corrected chi connectivity index (χ1v) is 6.46. The highest BCUT2D eigenvalue weighted by atomic mass is 32.1. The summed E-state index contributed by atoms with van der Waals surface area (Å²) in [5, 5.41) is 5.98. The molecular weight excluding hydrogens is 222 g/mol. The Bertz CT molecular complexity index is 338. The van der Waals surface area contributed by atoms with E-state index in [1.165, 1.54) is 0 Å². The molecule has 1 rings (SSSR count). The number of hydrogen-bond acceptors (Lipinski definition) is 4. The van der Waals surface area contributed by atoms with Crippen molar-refractivity contribution in [2.45, 2.75) is 39.2 Å². The second kappa shape index (κ2) is 6.60. The van der Waals surface area contributed by atoms with Crippen molar-refractivity contribution in [3.63, 3.8) is 0 Å². The summed E-state index contributed by atoms with van der Waals surface area (Å²) in [4.78, 5) is 16.0. The number of nitrogens with one attached hydrogen (secondary N) is 1. The van der Waals surface area contributed by atoms with E-state index in [1.807, 2.05) is 19.2 Å². The summed E-state index contributed by atoms with van der Waals surface area (Å²) < 4.78 is 0. The van der Waals surface area contributed by atoms with E-state index in [-0.39, 0.29) is 11.9 Å².